The van der Waals surface area contributed by atoms with E-state index in [9.17, 15) is 19.2 Å². The van der Waals surface area contributed by atoms with Crippen LogP contribution < -0.4 is 10.6 Å². The fourth-order valence-electron chi connectivity index (χ4n) is 2.99. The van der Waals surface area contributed by atoms with Gasteiger partial charge in [0.05, 0.1) is 5.69 Å². The largest absolute Gasteiger partial charge is 0.339 e. The fourth-order valence-corrected chi connectivity index (χ4v) is 3.73. The van der Waals surface area contributed by atoms with Crippen molar-refractivity contribution in [1.82, 2.24) is 15.1 Å². The summed E-state index contributed by atoms with van der Waals surface area (Å²) in [6.45, 7) is 1.17. The minimum Gasteiger partial charge on any atom is -0.339 e. The highest BCUT2D eigenvalue weighted by molar-refractivity contribution is 8.13. The Morgan fingerprint density at radius 2 is 1.70 bits per heavy atom. The molecule has 2 aromatic carbocycles. The van der Waals surface area contributed by atoms with E-state index in [1.54, 1.807) is 69.6 Å². The molecule has 9 heteroatoms. The molecule has 1 aliphatic heterocycles. The molecular weight excluding hydrogens is 404 g/mol. The average molecular weight is 426 g/mol. The highest BCUT2D eigenvalue weighted by atomic mass is 32.2. The molecule has 1 aliphatic rings. The van der Waals surface area contributed by atoms with Gasteiger partial charge in [-0.15, -0.1) is 0 Å². The van der Waals surface area contributed by atoms with Crippen molar-refractivity contribution in [2.24, 2.45) is 0 Å². The maximum atomic E-state index is 12.9. The van der Waals surface area contributed by atoms with Crippen molar-refractivity contribution in [3.05, 3.63) is 60.2 Å². The predicted octanol–water partition coefficient (Wildman–Crippen LogP) is 2.87. The zero-order valence-electron chi connectivity index (χ0n) is 16.8. The smallest absolute Gasteiger partial charge is 0.325 e. The molecule has 5 amide bonds. The van der Waals surface area contributed by atoms with Gasteiger partial charge in [0.25, 0.3) is 11.1 Å². The van der Waals surface area contributed by atoms with Crippen LogP contribution >= 0.6 is 11.8 Å². The van der Waals surface area contributed by atoms with E-state index in [0.29, 0.717) is 16.1 Å². The van der Waals surface area contributed by atoms with Crippen molar-refractivity contribution >= 4 is 40.5 Å². The van der Waals surface area contributed by atoms with Crippen molar-refractivity contribution in [3.8, 4) is 0 Å². The zero-order valence-corrected chi connectivity index (χ0v) is 17.7. The first-order valence-corrected chi connectivity index (χ1v) is 10.0. The number of amides is 5. The van der Waals surface area contributed by atoms with Crippen LogP contribution in [0.4, 0.5) is 15.3 Å². The third-order valence-electron chi connectivity index (χ3n) is 4.65. The van der Waals surface area contributed by atoms with Crippen LogP contribution in [0, 0.1) is 0 Å². The Kier molecular flexibility index (Phi) is 6.12. The number of thioether (sulfide) groups is 1. The van der Waals surface area contributed by atoms with E-state index in [-0.39, 0.29) is 5.24 Å². The molecule has 3 rings (SSSR count). The van der Waals surface area contributed by atoms with Gasteiger partial charge in [0, 0.05) is 19.0 Å². The molecule has 1 atom stereocenters. The molecule has 0 aliphatic carbocycles. The van der Waals surface area contributed by atoms with Crippen LogP contribution in [0.25, 0.3) is 0 Å². The normalized spacial score (nSPS) is 18.2. The molecule has 2 N–H and O–H groups in total. The summed E-state index contributed by atoms with van der Waals surface area (Å²) in [5.41, 5.74) is -0.166. The van der Waals surface area contributed by atoms with Crippen LogP contribution in [0.15, 0.2) is 59.5 Å². The zero-order chi connectivity index (χ0) is 21.9. The van der Waals surface area contributed by atoms with E-state index in [2.05, 4.69) is 10.6 Å². The number of anilines is 1. The molecule has 156 valence electrons. The quantitative estimate of drug-likeness (QED) is 0.566. The van der Waals surface area contributed by atoms with E-state index in [1.165, 1.54) is 4.90 Å². The second kappa shape index (κ2) is 8.58. The first kappa shape index (κ1) is 21.4. The molecule has 8 nitrogen and oxygen atoms in total. The molecule has 0 saturated carbocycles. The lowest BCUT2D eigenvalue weighted by Crippen LogP contribution is -2.42. The van der Waals surface area contributed by atoms with E-state index < -0.39 is 29.9 Å². The second-order valence-electron chi connectivity index (χ2n) is 7.12. The summed E-state index contributed by atoms with van der Waals surface area (Å²) < 4.78 is 0. The topological polar surface area (TPSA) is 98.8 Å². The fraction of sp³-hybridized carbons (Fsp3) is 0.238. The molecule has 0 aromatic heterocycles. The Balaban J connectivity index is 1.72. The van der Waals surface area contributed by atoms with E-state index in [0.717, 1.165) is 16.7 Å². The molecule has 0 spiro atoms. The van der Waals surface area contributed by atoms with Crippen molar-refractivity contribution in [3.63, 3.8) is 0 Å². The predicted molar refractivity (Wildman–Crippen MR) is 114 cm³/mol. The summed E-state index contributed by atoms with van der Waals surface area (Å²) in [4.78, 5) is 52.8. The Labute approximate surface area is 178 Å². The molecular formula is C21H22N4O4S. The summed E-state index contributed by atoms with van der Waals surface area (Å²) in [6, 6.07) is 15.1. The number of imide groups is 1. The number of rotatable bonds is 5. The Morgan fingerprint density at radius 1 is 1.07 bits per heavy atom. The number of nitrogens with one attached hydrogen (secondary N) is 2. The van der Waals surface area contributed by atoms with Gasteiger partial charge in [0.1, 0.15) is 12.1 Å². The minimum absolute atomic E-state index is 0.190. The summed E-state index contributed by atoms with van der Waals surface area (Å²) in [6.07, 6.45) is 0. The molecule has 2 aromatic rings. The van der Waals surface area contributed by atoms with Gasteiger partial charge in [-0.2, -0.15) is 0 Å². The van der Waals surface area contributed by atoms with Gasteiger partial charge in [-0.3, -0.25) is 19.3 Å². The number of benzene rings is 2. The average Bonchev–Trinajstić information content (AvgIpc) is 2.94. The minimum atomic E-state index is -1.23. The SMILES string of the molecule is CN(C)C(=O)Sc1ccccc1NC(=O)CN1C(=O)NC(C)(c2ccccc2)C1=O. The van der Waals surface area contributed by atoms with E-state index >= 15 is 0 Å². The van der Waals surface area contributed by atoms with Crippen molar-refractivity contribution in [1.29, 1.82) is 0 Å². The van der Waals surface area contributed by atoms with Crippen LogP contribution in [0.2, 0.25) is 0 Å². The van der Waals surface area contributed by atoms with Crippen LogP contribution in [0.1, 0.15) is 12.5 Å². The number of urea groups is 1. The lowest BCUT2D eigenvalue weighted by atomic mass is 9.92. The molecule has 0 radical (unpaired) electrons. The Hall–Kier alpha value is -3.33. The maximum Gasteiger partial charge on any atom is 0.325 e. The second-order valence-corrected chi connectivity index (χ2v) is 8.11. The summed E-state index contributed by atoms with van der Waals surface area (Å²) in [5.74, 6) is -1.04. The Morgan fingerprint density at radius 3 is 2.37 bits per heavy atom. The summed E-state index contributed by atoms with van der Waals surface area (Å²) >= 11 is 0.974. The van der Waals surface area contributed by atoms with Crippen molar-refractivity contribution in [2.45, 2.75) is 17.4 Å². The van der Waals surface area contributed by atoms with E-state index in [1.807, 2.05) is 6.07 Å². The Bertz CT molecular complexity index is 996. The lowest BCUT2D eigenvalue weighted by Gasteiger charge is -2.22. The molecule has 1 fully saturated rings. The van der Waals surface area contributed by atoms with Gasteiger partial charge in [0.2, 0.25) is 5.91 Å². The van der Waals surface area contributed by atoms with Crippen LogP contribution in [-0.2, 0) is 15.1 Å². The number of carbonyl (C=O) groups is 4. The van der Waals surface area contributed by atoms with Gasteiger partial charge < -0.3 is 15.5 Å². The monoisotopic (exact) mass is 426 g/mol. The summed E-state index contributed by atoms with van der Waals surface area (Å²) in [5, 5.41) is 5.16. The highest BCUT2D eigenvalue weighted by Gasteiger charge is 2.49. The number of hydrogen-bond donors (Lipinski definition) is 2. The van der Waals surface area contributed by atoms with Gasteiger partial charge in [0.15, 0.2) is 0 Å². The van der Waals surface area contributed by atoms with Gasteiger partial charge in [-0.05, 0) is 36.4 Å². The first-order valence-electron chi connectivity index (χ1n) is 9.20. The number of para-hydroxylation sites is 1. The number of carbonyl (C=O) groups excluding carboxylic acids is 4. The lowest BCUT2D eigenvalue weighted by molar-refractivity contribution is -0.133. The van der Waals surface area contributed by atoms with Crippen molar-refractivity contribution in [2.75, 3.05) is 26.0 Å². The third kappa shape index (κ3) is 4.30. The third-order valence-corrected chi connectivity index (χ3v) is 5.77. The van der Waals surface area contributed by atoms with Crippen LogP contribution in [0.3, 0.4) is 0 Å². The highest BCUT2D eigenvalue weighted by Crippen LogP contribution is 2.30. The maximum absolute atomic E-state index is 12.9. The van der Waals surface area contributed by atoms with Gasteiger partial charge in [-0.25, -0.2) is 4.79 Å². The molecule has 30 heavy (non-hydrogen) atoms. The van der Waals surface area contributed by atoms with E-state index in [4.69, 9.17) is 0 Å². The standard InChI is InChI=1S/C21H22N4O4S/c1-21(14-9-5-4-6-10-14)18(27)25(19(28)23-21)13-17(26)22-15-11-7-8-12-16(15)30-20(29)24(2)3/h4-12H,13H2,1-3H3,(H,22,26)(H,23,28). The molecule has 0 bridgehead atoms. The first-order chi connectivity index (χ1) is 14.2. The van der Waals surface area contributed by atoms with Gasteiger partial charge >= 0.3 is 6.03 Å². The number of hydrogen-bond acceptors (Lipinski definition) is 5. The molecule has 1 saturated heterocycles. The van der Waals surface area contributed by atoms with Crippen molar-refractivity contribution < 1.29 is 19.2 Å². The van der Waals surface area contributed by atoms with Crippen LogP contribution in [-0.4, -0.2) is 53.5 Å². The van der Waals surface area contributed by atoms with Gasteiger partial charge in [-0.1, -0.05) is 42.5 Å². The summed E-state index contributed by atoms with van der Waals surface area (Å²) in [7, 11) is 3.27. The van der Waals surface area contributed by atoms with Crippen LogP contribution in [0.5, 0.6) is 0 Å². The molecule has 1 heterocycles. The number of nitrogens with zero attached hydrogens (tertiary/aromatic N) is 2. The molecule has 1 unspecified atom stereocenters.